The van der Waals surface area contributed by atoms with Gasteiger partial charge in [-0.3, -0.25) is 4.90 Å². The van der Waals surface area contributed by atoms with Gasteiger partial charge in [0, 0.05) is 12.6 Å². The lowest BCUT2D eigenvalue weighted by Crippen LogP contribution is -2.45. The quantitative estimate of drug-likeness (QED) is 0.856. The van der Waals surface area contributed by atoms with Crippen molar-refractivity contribution in [3.8, 4) is 0 Å². The van der Waals surface area contributed by atoms with Gasteiger partial charge < -0.3 is 10.2 Å². The van der Waals surface area contributed by atoms with Crippen molar-refractivity contribution in [2.45, 2.75) is 51.5 Å². The Morgan fingerprint density at radius 2 is 1.83 bits per heavy atom. The lowest BCUT2D eigenvalue weighted by molar-refractivity contribution is -0.00501. The van der Waals surface area contributed by atoms with Gasteiger partial charge in [-0.25, -0.2) is 0 Å². The molecule has 2 N–H and O–H groups in total. The summed E-state index contributed by atoms with van der Waals surface area (Å²) in [4.78, 5) is 2.36. The molecular weight excluding hydrogens is 226 g/mol. The zero-order chi connectivity index (χ0) is 13.2. The van der Waals surface area contributed by atoms with E-state index in [0.29, 0.717) is 0 Å². The van der Waals surface area contributed by atoms with E-state index in [4.69, 9.17) is 5.11 Å². The molecule has 0 aliphatic carbocycles. The normalized spacial score (nSPS) is 21.4. The van der Waals surface area contributed by atoms with Crippen LogP contribution in [-0.4, -0.2) is 33.3 Å². The Morgan fingerprint density at radius 3 is 2.39 bits per heavy atom. The summed E-state index contributed by atoms with van der Waals surface area (Å²) in [6, 6.07) is 8.29. The van der Waals surface area contributed by atoms with Crippen molar-refractivity contribution in [2.24, 2.45) is 0 Å². The van der Waals surface area contributed by atoms with Crippen molar-refractivity contribution >= 4 is 0 Å². The first-order valence-corrected chi connectivity index (χ1v) is 6.66. The van der Waals surface area contributed by atoms with Crippen LogP contribution in [0.3, 0.4) is 0 Å². The molecule has 0 bridgehead atoms. The largest absolute Gasteiger partial charge is 0.392 e. The molecule has 3 heteroatoms. The topological polar surface area (TPSA) is 43.7 Å². The molecular formula is C15H23NO2. The number of benzene rings is 1. The van der Waals surface area contributed by atoms with Gasteiger partial charge in [-0.2, -0.15) is 0 Å². The van der Waals surface area contributed by atoms with Gasteiger partial charge in [-0.1, -0.05) is 24.3 Å². The third kappa shape index (κ3) is 3.10. The summed E-state index contributed by atoms with van der Waals surface area (Å²) in [5.74, 6) is 0. The number of nitrogens with zero attached hydrogens (tertiary/aromatic N) is 1. The van der Waals surface area contributed by atoms with Gasteiger partial charge in [0.2, 0.25) is 0 Å². The Labute approximate surface area is 109 Å². The summed E-state index contributed by atoms with van der Waals surface area (Å²) >= 11 is 0. The molecule has 1 saturated heterocycles. The highest BCUT2D eigenvalue weighted by Crippen LogP contribution is 2.28. The predicted molar refractivity (Wildman–Crippen MR) is 72.1 cm³/mol. The van der Waals surface area contributed by atoms with Crippen LogP contribution >= 0.6 is 0 Å². The van der Waals surface area contributed by atoms with Crippen molar-refractivity contribution in [1.82, 2.24) is 4.90 Å². The summed E-state index contributed by atoms with van der Waals surface area (Å²) in [5.41, 5.74) is 1.55. The first kappa shape index (κ1) is 13.5. The van der Waals surface area contributed by atoms with Crippen LogP contribution in [0.5, 0.6) is 0 Å². The van der Waals surface area contributed by atoms with Crippen LogP contribution in [0, 0.1) is 0 Å². The Kier molecular flexibility index (Phi) is 4.05. The minimum atomic E-state index is -0.637. The first-order chi connectivity index (χ1) is 8.50. The second-order valence-electron chi connectivity index (χ2n) is 5.76. The van der Waals surface area contributed by atoms with E-state index in [2.05, 4.69) is 17.0 Å². The lowest BCUT2D eigenvalue weighted by atomic mass is 9.96. The van der Waals surface area contributed by atoms with Gasteiger partial charge in [-0.15, -0.1) is 0 Å². The molecule has 0 saturated carbocycles. The smallest absolute Gasteiger partial charge is 0.0746 e. The number of rotatable bonds is 4. The molecule has 1 heterocycles. The molecule has 0 aromatic heterocycles. The molecule has 0 radical (unpaired) electrons. The van der Waals surface area contributed by atoms with Crippen LogP contribution in [0.1, 0.15) is 37.8 Å². The molecule has 100 valence electrons. The molecule has 18 heavy (non-hydrogen) atoms. The highest BCUT2D eigenvalue weighted by molar-refractivity contribution is 5.22. The molecule has 1 unspecified atom stereocenters. The predicted octanol–water partition coefficient (Wildman–Crippen LogP) is 1.91. The minimum absolute atomic E-state index is 0.0935. The maximum atomic E-state index is 10.2. The van der Waals surface area contributed by atoms with Crippen LogP contribution in [-0.2, 0) is 13.2 Å². The molecule has 1 atom stereocenters. The number of hydrogen-bond donors (Lipinski definition) is 2. The summed E-state index contributed by atoms with van der Waals surface area (Å²) < 4.78 is 0. The van der Waals surface area contributed by atoms with E-state index < -0.39 is 5.60 Å². The van der Waals surface area contributed by atoms with Crippen molar-refractivity contribution in [2.75, 3.05) is 6.54 Å². The Balaban J connectivity index is 2.03. The zero-order valence-electron chi connectivity index (χ0n) is 11.3. The fourth-order valence-electron chi connectivity index (χ4n) is 2.80. The average molecular weight is 249 g/mol. The van der Waals surface area contributed by atoms with Gasteiger partial charge in [0.05, 0.1) is 12.2 Å². The Hall–Kier alpha value is -0.900. The van der Waals surface area contributed by atoms with Crippen LogP contribution in [0.15, 0.2) is 24.3 Å². The number of likely N-dealkylation sites (tertiary alicyclic amines) is 1. The second kappa shape index (κ2) is 5.39. The van der Waals surface area contributed by atoms with E-state index in [9.17, 15) is 5.11 Å². The standard InChI is InChI=1S/C15H23NO2/c1-15(2,18)14-4-3-9-16(14)10-12-5-7-13(11-17)8-6-12/h5-8,14,17-18H,3-4,9-11H2,1-2H3. The molecule has 2 rings (SSSR count). The first-order valence-electron chi connectivity index (χ1n) is 6.66. The molecule has 1 aliphatic rings. The molecule has 1 aliphatic heterocycles. The van der Waals surface area contributed by atoms with Crippen molar-refractivity contribution in [3.63, 3.8) is 0 Å². The second-order valence-corrected chi connectivity index (χ2v) is 5.76. The van der Waals surface area contributed by atoms with Crippen molar-refractivity contribution in [1.29, 1.82) is 0 Å². The summed E-state index contributed by atoms with van der Waals surface area (Å²) in [6.45, 7) is 5.81. The average Bonchev–Trinajstić information content (AvgIpc) is 2.78. The molecule has 1 aromatic rings. The Morgan fingerprint density at radius 1 is 1.22 bits per heavy atom. The lowest BCUT2D eigenvalue weighted by Gasteiger charge is -2.33. The van der Waals surface area contributed by atoms with Crippen molar-refractivity contribution in [3.05, 3.63) is 35.4 Å². The van der Waals surface area contributed by atoms with Crippen LogP contribution < -0.4 is 0 Å². The van der Waals surface area contributed by atoms with E-state index in [-0.39, 0.29) is 12.6 Å². The van der Waals surface area contributed by atoms with Gasteiger partial charge in [-0.05, 0) is 44.4 Å². The van der Waals surface area contributed by atoms with Crippen LogP contribution in [0.25, 0.3) is 0 Å². The fraction of sp³-hybridized carbons (Fsp3) is 0.600. The molecule has 0 spiro atoms. The maximum absolute atomic E-state index is 10.2. The SMILES string of the molecule is CC(C)(O)C1CCCN1Cc1ccc(CO)cc1. The molecule has 1 aromatic carbocycles. The third-order valence-electron chi connectivity index (χ3n) is 3.77. The van der Waals surface area contributed by atoms with E-state index in [1.807, 2.05) is 26.0 Å². The van der Waals surface area contributed by atoms with Crippen LogP contribution in [0.2, 0.25) is 0 Å². The number of hydrogen-bond acceptors (Lipinski definition) is 3. The summed E-state index contributed by atoms with van der Waals surface area (Å²) in [5, 5.41) is 19.2. The van der Waals surface area contributed by atoms with E-state index in [1.54, 1.807) is 0 Å². The Bertz CT molecular complexity index is 380. The van der Waals surface area contributed by atoms with Gasteiger partial charge >= 0.3 is 0 Å². The van der Waals surface area contributed by atoms with Gasteiger partial charge in [0.1, 0.15) is 0 Å². The molecule has 0 amide bonds. The molecule has 3 nitrogen and oxygen atoms in total. The van der Waals surface area contributed by atoms with Crippen molar-refractivity contribution < 1.29 is 10.2 Å². The highest BCUT2D eigenvalue weighted by atomic mass is 16.3. The third-order valence-corrected chi connectivity index (χ3v) is 3.77. The summed E-state index contributed by atoms with van der Waals surface area (Å²) in [7, 11) is 0. The summed E-state index contributed by atoms with van der Waals surface area (Å²) in [6.07, 6.45) is 2.22. The number of aliphatic hydroxyl groups excluding tert-OH is 1. The number of aliphatic hydroxyl groups is 2. The zero-order valence-corrected chi connectivity index (χ0v) is 11.3. The monoisotopic (exact) mass is 249 g/mol. The van der Waals surface area contributed by atoms with E-state index in [0.717, 1.165) is 31.5 Å². The van der Waals surface area contributed by atoms with E-state index >= 15 is 0 Å². The fourth-order valence-corrected chi connectivity index (χ4v) is 2.80. The van der Waals surface area contributed by atoms with E-state index in [1.165, 1.54) is 5.56 Å². The highest BCUT2D eigenvalue weighted by Gasteiger charge is 2.35. The van der Waals surface area contributed by atoms with Crippen LogP contribution in [0.4, 0.5) is 0 Å². The molecule has 1 fully saturated rings. The van der Waals surface area contributed by atoms with Gasteiger partial charge in [0.25, 0.3) is 0 Å². The van der Waals surface area contributed by atoms with Gasteiger partial charge in [0.15, 0.2) is 0 Å². The maximum Gasteiger partial charge on any atom is 0.0746 e. The minimum Gasteiger partial charge on any atom is -0.392 e.